The zero-order valence-corrected chi connectivity index (χ0v) is 12.8. The molecule has 3 rings (SSSR count). The predicted molar refractivity (Wildman–Crippen MR) is 92.2 cm³/mol. The first-order valence-corrected chi connectivity index (χ1v) is 7.08. The van der Waals surface area contributed by atoms with Crippen molar-refractivity contribution in [1.82, 2.24) is 4.90 Å². The van der Waals surface area contributed by atoms with E-state index in [2.05, 4.69) is 0 Å². The Bertz CT molecular complexity index is 1130. The van der Waals surface area contributed by atoms with Gasteiger partial charge in [0.15, 0.2) is 0 Å². The molecule has 21 heavy (non-hydrogen) atoms. The summed E-state index contributed by atoms with van der Waals surface area (Å²) >= 11 is 6.69. The molecule has 0 atom stereocenters. The van der Waals surface area contributed by atoms with Gasteiger partial charge in [0.2, 0.25) is 0 Å². The maximum atomic E-state index is 8.77. The second kappa shape index (κ2) is 6.30. The highest BCUT2D eigenvalue weighted by Crippen LogP contribution is 2.48. The van der Waals surface area contributed by atoms with E-state index >= 15 is 0 Å². The van der Waals surface area contributed by atoms with Crippen LogP contribution in [0.15, 0.2) is 52.1 Å². The minimum absolute atomic E-state index is 0.234. The van der Waals surface area contributed by atoms with Crippen LogP contribution in [0.1, 0.15) is 24.2 Å². The van der Waals surface area contributed by atoms with Crippen molar-refractivity contribution >= 4 is 34.7 Å². The molecule has 0 fully saturated rings. The summed E-state index contributed by atoms with van der Waals surface area (Å²) in [5.41, 5.74) is -1.01. The number of hydrogen-bond acceptors (Lipinski definition) is 3. The number of rotatable bonds is 4. The molecule has 0 unspecified atom stereocenters. The first-order chi connectivity index (χ1) is 15.3. The molecule has 1 heterocycles. The Kier molecular flexibility index (Phi) is 1.74. The van der Waals surface area contributed by atoms with E-state index in [-0.39, 0.29) is 9.79 Å². The van der Waals surface area contributed by atoms with E-state index < -0.39 is 78.1 Å². The second-order valence-corrected chi connectivity index (χ2v) is 5.62. The number of hydrogen-bond donors (Lipinski definition) is 0. The number of nitrogens with zero attached hydrogens (tertiary/aromatic N) is 2. The fourth-order valence-corrected chi connectivity index (χ4v) is 2.66. The van der Waals surface area contributed by atoms with Gasteiger partial charge in [-0.3, -0.25) is 0 Å². The van der Waals surface area contributed by atoms with Crippen LogP contribution in [0, 0.1) is 0 Å². The molecule has 2 nitrogen and oxygen atoms in total. The van der Waals surface area contributed by atoms with Crippen molar-refractivity contribution in [2.45, 2.75) is 16.2 Å². The van der Waals surface area contributed by atoms with Crippen molar-refractivity contribution in [3.8, 4) is 0 Å². The molecule has 2 aromatic rings. The predicted octanol–water partition coefficient (Wildman–Crippen LogP) is 4.89. The van der Waals surface area contributed by atoms with E-state index in [0.717, 1.165) is 4.90 Å². The molecular weight excluding hydrogens is 300 g/mol. The number of para-hydroxylation sites is 1. The van der Waals surface area contributed by atoms with Gasteiger partial charge >= 0.3 is 0 Å². The minimum Gasteiger partial charge on any atom is -0.340 e. The van der Waals surface area contributed by atoms with Crippen LogP contribution in [0.25, 0.3) is 0 Å². The highest BCUT2D eigenvalue weighted by atomic mass is 35.5. The van der Waals surface area contributed by atoms with E-state index in [1.54, 1.807) is 0 Å². The summed E-state index contributed by atoms with van der Waals surface area (Å²) < 4.78 is 108. The molecule has 0 radical (unpaired) electrons. The van der Waals surface area contributed by atoms with Crippen LogP contribution < -0.4 is 4.90 Å². The van der Waals surface area contributed by atoms with Gasteiger partial charge in [-0.15, -0.1) is 0 Å². The molecule has 0 aromatic heterocycles. The molecule has 4 heteroatoms. The first kappa shape index (κ1) is 5.80. The smallest absolute Gasteiger partial charge is 0.0661 e. The fourth-order valence-electron chi connectivity index (χ4n) is 1.64. The van der Waals surface area contributed by atoms with Gasteiger partial charge in [-0.05, 0) is 57.2 Å². The normalized spacial score (nSPS) is 24.2. The molecule has 2 aromatic carbocycles. The zero-order valence-electron chi connectivity index (χ0n) is 24.2. The number of fused-ring (bicyclic) bond motifs is 2. The van der Waals surface area contributed by atoms with Crippen molar-refractivity contribution in [1.29, 1.82) is 0 Å². The monoisotopic (exact) mass is 331 g/mol. The molecule has 0 amide bonds. The maximum Gasteiger partial charge on any atom is 0.0661 e. The van der Waals surface area contributed by atoms with Gasteiger partial charge in [-0.1, -0.05) is 35.4 Å². The third-order valence-electron chi connectivity index (χ3n) is 2.46. The van der Waals surface area contributed by atoms with Crippen LogP contribution in [0.4, 0.5) is 11.4 Å². The Morgan fingerprint density at radius 3 is 2.76 bits per heavy atom. The van der Waals surface area contributed by atoms with Gasteiger partial charge in [-0.25, -0.2) is 0 Å². The van der Waals surface area contributed by atoms with E-state index in [1.165, 1.54) is 14.1 Å². The van der Waals surface area contributed by atoms with Gasteiger partial charge in [0, 0.05) is 29.5 Å². The first-order valence-electron chi connectivity index (χ1n) is 12.4. The van der Waals surface area contributed by atoms with E-state index in [9.17, 15) is 0 Å². The number of benzene rings is 2. The molecule has 0 spiro atoms. The molecule has 1 aliphatic rings. The van der Waals surface area contributed by atoms with Crippen molar-refractivity contribution < 1.29 is 17.8 Å². The average Bonchev–Trinajstić information content (AvgIpc) is 2.76. The molecule has 1 aliphatic heterocycles. The van der Waals surface area contributed by atoms with E-state index in [4.69, 9.17) is 29.4 Å². The Labute approximate surface area is 154 Å². The lowest BCUT2D eigenvalue weighted by Gasteiger charge is -2.33. The Morgan fingerprint density at radius 2 is 1.95 bits per heavy atom. The Hall–Kier alpha value is -1.16. The average molecular weight is 332 g/mol. The van der Waals surface area contributed by atoms with Gasteiger partial charge in [0.25, 0.3) is 0 Å². The SMILES string of the molecule is [2H]c1c([2H])c([2H])c2c(c1[2H])Sc1c([2H])c([2H])c(Cl)c([2H])c1N2C([2H])([2H])C([2H])([2H])C([2H])([2H])N(C)C. The standard InChI is InChI=1S/C17H19ClN2S/c1-19(2)10-5-11-20-14-6-3-4-7-16(14)21-17-9-8-13(18)12-15(17)20/h3-4,6-9,12H,5,10-11H2,1-2H3/i3D,4D,5D2,6D,7D,8D,9D,10D2,11D2,12D. The summed E-state index contributed by atoms with van der Waals surface area (Å²) in [7, 11) is 2.41. The maximum absolute atomic E-state index is 8.77. The lowest BCUT2D eigenvalue weighted by Crippen LogP contribution is -2.25. The third kappa shape index (κ3) is 3.20. The lowest BCUT2D eigenvalue weighted by atomic mass is 10.2. The van der Waals surface area contributed by atoms with Crippen LogP contribution >= 0.6 is 23.4 Å². The topological polar surface area (TPSA) is 6.48 Å². The van der Waals surface area contributed by atoms with Crippen LogP contribution in [-0.2, 0) is 0 Å². The fraction of sp³-hybridized carbons (Fsp3) is 0.294. The quantitative estimate of drug-likeness (QED) is 0.787. The molecule has 0 saturated heterocycles. The van der Waals surface area contributed by atoms with Gasteiger partial charge < -0.3 is 9.80 Å². The summed E-state index contributed by atoms with van der Waals surface area (Å²) in [6.07, 6.45) is -3.36. The Balaban J connectivity index is 2.54. The molecule has 0 saturated carbocycles. The molecule has 0 N–H and O–H groups in total. The summed E-state index contributed by atoms with van der Waals surface area (Å²) in [5.74, 6) is 0. The summed E-state index contributed by atoms with van der Waals surface area (Å²) in [6, 6.07) is -4.49. The third-order valence-corrected chi connectivity index (χ3v) is 3.65. The van der Waals surface area contributed by atoms with Crippen LogP contribution in [0.2, 0.25) is 5.02 Å². The lowest BCUT2D eigenvalue weighted by molar-refractivity contribution is 0.402. The number of anilines is 2. The molecule has 0 aliphatic carbocycles. The molecule has 110 valence electrons. The second-order valence-electron chi connectivity index (χ2n) is 4.22. The highest BCUT2D eigenvalue weighted by molar-refractivity contribution is 7.99. The molecule has 0 bridgehead atoms. The summed E-state index contributed by atoms with van der Waals surface area (Å²) in [4.78, 5) is 0.822. The van der Waals surface area contributed by atoms with Gasteiger partial charge in [-0.2, -0.15) is 0 Å². The van der Waals surface area contributed by atoms with E-state index in [1.807, 2.05) is 0 Å². The summed E-state index contributed by atoms with van der Waals surface area (Å²) in [5, 5.41) is -0.536. The Morgan fingerprint density at radius 1 is 1.19 bits per heavy atom. The van der Waals surface area contributed by atoms with Crippen LogP contribution in [0.3, 0.4) is 0 Å². The van der Waals surface area contributed by atoms with Gasteiger partial charge in [0.05, 0.1) is 21.0 Å². The largest absolute Gasteiger partial charge is 0.340 e. The number of halogens is 1. The van der Waals surface area contributed by atoms with Crippen LogP contribution in [-0.4, -0.2) is 32.0 Å². The van der Waals surface area contributed by atoms with Crippen molar-refractivity contribution in [2.24, 2.45) is 0 Å². The van der Waals surface area contributed by atoms with Gasteiger partial charge in [0.1, 0.15) is 0 Å². The highest BCUT2D eigenvalue weighted by Gasteiger charge is 2.22. The van der Waals surface area contributed by atoms with Crippen LogP contribution in [0.5, 0.6) is 0 Å². The molecular formula is C17H19ClN2S. The minimum atomic E-state index is -3.38. The van der Waals surface area contributed by atoms with E-state index in [0.29, 0.717) is 16.7 Å². The van der Waals surface area contributed by atoms with Crippen molar-refractivity contribution in [3.05, 3.63) is 47.3 Å². The van der Waals surface area contributed by atoms with Crippen molar-refractivity contribution in [3.63, 3.8) is 0 Å². The summed E-state index contributed by atoms with van der Waals surface area (Å²) in [6.45, 7) is -6.31. The van der Waals surface area contributed by atoms with Crippen molar-refractivity contribution in [2.75, 3.05) is 32.0 Å². The zero-order chi connectivity index (χ0) is 26.3.